The third-order valence-corrected chi connectivity index (χ3v) is 6.29. The Morgan fingerprint density at radius 3 is 2.89 bits per heavy atom. The summed E-state index contributed by atoms with van der Waals surface area (Å²) in [7, 11) is 0. The molecule has 1 aromatic heterocycles. The van der Waals surface area contributed by atoms with Crippen molar-refractivity contribution in [3.8, 4) is 0 Å². The molecular weight excluding hydrogens is 322 g/mol. The molecule has 5 heteroatoms. The molecular formula is C14H24BrN3S. The minimum atomic E-state index is 0.565. The number of likely N-dealkylation sites (N-methyl/N-ethyl adjacent to an activating group) is 1. The van der Waals surface area contributed by atoms with Gasteiger partial charge in [-0.3, -0.25) is 4.68 Å². The van der Waals surface area contributed by atoms with Crippen LogP contribution >= 0.6 is 27.7 Å². The predicted octanol–water partition coefficient (Wildman–Crippen LogP) is 3.39. The summed E-state index contributed by atoms with van der Waals surface area (Å²) in [4.78, 5) is 0. The number of hydrogen-bond donors (Lipinski definition) is 1. The molecule has 2 heterocycles. The number of nitrogens with zero attached hydrogens (tertiary/aromatic N) is 2. The highest BCUT2D eigenvalue weighted by molar-refractivity contribution is 9.10. The number of halogens is 1. The first kappa shape index (κ1) is 15.4. The quantitative estimate of drug-likeness (QED) is 0.856. The molecule has 0 saturated carbocycles. The fourth-order valence-corrected chi connectivity index (χ4v) is 4.63. The van der Waals surface area contributed by atoms with Gasteiger partial charge in [-0.25, -0.2) is 0 Å². The van der Waals surface area contributed by atoms with Crippen LogP contribution in [0.2, 0.25) is 0 Å². The van der Waals surface area contributed by atoms with E-state index in [1.165, 1.54) is 28.8 Å². The van der Waals surface area contributed by atoms with Gasteiger partial charge in [-0.05, 0) is 54.9 Å². The fourth-order valence-electron chi connectivity index (χ4n) is 2.79. The number of rotatable bonds is 6. The lowest BCUT2D eigenvalue weighted by Gasteiger charge is -2.24. The molecule has 0 aromatic carbocycles. The van der Waals surface area contributed by atoms with Gasteiger partial charge in [-0.1, -0.05) is 6.92 Å². The molecule has 2 unspecified atom stereocenters. The summed E-state index contributed by atoms with van der Waals surface area (Å²) in [5.41, 5.74) is 2.45. The third-order valence-electron chi connectivity index (χ3n) is 3.75. The van der Waals surface area contributed by atoms with Crippen molar-refractivity contribution in [2.24, 2.45) is 0 Å². The highest BCUT2D eigenvalue weighted by Crippen LogP contribution is 2.31. The molecule has 0 amide bonds. The first-order chi connectivity index (χ1) is 9.17. The molecule has 108 valence electrons. The summed E-state index contributed by atoms with van der Waals surface area (Å²) < 4.78 is 3.34. The van der Waals surface area contributed by atoms with Crippen LogP contribution in [0.15, 0.2) is 4.47 Å². The molecule has 0 aliphatic carbocycles. The number of thioether (sulfide) groups is 1. The van der Waals surface area contributed by atoms with Crippen molar-refractivity contribution in [1.82, 2.24) is 15.1 Å². The van der Waals surface area contributed by atoms with E-state index >= 15 is 0 Å². The molecule has 1 saturated heterocycles. The normalized spacial score (nSPS) is 20.9. The minimum absolute atomic E-state index is 0.565. The van der Waals surface area contributed by atoms with E-state index in [-0.39, 0.29) is 0 Å². The second kappa shape index (κ2) is 7.14. The first-order valence-corrected chi connectivity index (χ1v) is 9.08. The van der Waals surface area contributed by atoms with Crippen LogP contribution in [-0.4, -0.2) is 33.4 Å². The first-order valence-electron chi connectivity index (χ1n) is 7.24. The lowest BCUT2D eigenvalue weighted by molar-refractivity contribution is 0.475. The molecule has 0 bridgehead atoms. The van der Waals surface area contributed by atoms with Gasteiger partial charge in [0.1, 0.15) is 0 Å². The molecule has 19 heavy (non-hydrogen) atoms. The van der Waals surface area contributed by atoms with Gasteiger partial charge >= 0.3 is 0 Å². The zero-order valence-electron chi connectivity index (χ0n) is 12.1. The monoisotopic (exact) mass is 345 g/mol. The Balaban J connectivity index is 2.16. The van der Waals surface area contributed by atoms with Gasteiger partial charge in [0, 0.05) is 24.3 Å². The van der Waals surface area contributed by atoms with Crippen LogP contribution in [-0.2, 0) is 13.0 Å². The van der Waals surface area contributed by atoms with Gasteiger partial charge in [0.15, 0.2) is 0 Å². The smallest absolute Gasteiger partial charge is 0.0738 e. The van der Waals surface area contributed by atoms with Crippen molar-refractivity contribution < 1.29 is 0 Å². The van der Waals surface area contributed by atoms with Crippen molar-refractivity contribution in [3.05, 3.63) is 15.9 Å². The lowest BCUT2D eigenvalue weighted by atomic mass is 10.0. The molecule has 1 aliphatic rings. The van der Waals surface area contributed by atoms with Gasteiger partial charge in [0.2, 0.25) is 0 Å². The van der Waals surface area contributed by atoms with Gasteiger partial charge in [0.25, 0.3) is 0 Å². The van der Waals surface area contributed by atoms with E-state index in [2.05, 4.69) is 63.6 Å². The van der Waals surface area contributed by atoms with Crippen LogP contribution in [0.25, 0.3) is 0 Å². The van der Waals surface area contributed by atoms with Gasteiger partial charge in [0.05, 0.1) is 15.9 Å². The SMILES string of the molecule is CCNC(Cc1c(Br)c(C)nn1CC)C1CCCS1. The summed E-state index contributed by atoms with van der Waals surface area (Å²) in [5, 5.41) is 9.04. The Hall–Kier alpha value is -0.000000000000000111. The summed E-state index contributed by atoms with van der Waals surface area (Å²) in [6.07, 6.45) is 3.78. The maximum Gasteiger partial charge on any atom is 0.0738 e. The van der Waals surface area contributed by atoms with Crippen molar-refractivity contribution >= 4 is 27.7 Å². The molecule has 1 N–H and O–H groups in total. The maximum atomic E-state index is 4.60. The molecule has 1 aromatic rings. The molecule has 0 spiro atoms. The molecule has 0 radical (unpaired) electrons. The number of aromatic nitrogens is 2. The second-order valence-electron chi connectivity index (χ2n) is 5.08. The van der Waals surface area contributed by atoms with Crippen LogP contribution in [0.4, 0.5) is 0 Å². The Morgan fingerprint density at radius 1 is 1.53 bits per heavy atom. The minimum Gasteiger partial charge on any atom is -0.313 e. The Labute approximate surface area is 129 Å². The van der Waals surface area contributed by atoms with E-state index in [1.807, 2.05) is 0 Å². The van der Waals surface area contributed by atoms with Gasteiger partial charge in [-0.15, -0.1) is 0 Å². The average Bonchev–Trinajstić information content (AvgIpc) is 3.01. The van der Waals surface area contributed by atoms with Crippen LogP contribution in [0, 0.1) is 6.92 Å². The van der Waals surface area contributed by atoms with Crippen molar-refractivity contribution in [3.63, 3.8) is 0 Å². The second-order valence-corrected chi connectivity index (χ2v) is 7.22. The van der Waals surface area contributed by atoms with E-state index in [1.54, 1.807) is 0 Å². The van der Waals surface area contributed by atoms with E-state index in [0.29, 0.717) is 6.04 Å². The average molecular weight is 346 g/mol. The maximum absolute atomic E-state index is 4.60. The molecule has 1 aliphatic heterocycles. The number of nitrogens with one attached hydrogen (secondary N) is 1. The third kappa shape index (κ3) is 3.56. The Bertz CT molecular complexity index is 413. The van der Waals surface area contributed by atoms with E-state index in [4.69, 9.17) is 0 Å². The van der Waals surface area contributed by atoms with Crippen molar-refractivity contribution in [1.29, 1.82) is 0 Å². The standard InChI is InChI=1S/C14H24BrN3S/c1-4-16-11(13-7-6-8-19-13)9-12-14(15)10(3)17-18(12)5-2/h11,13,16H,4-9H2,1-3H3. The molecule has 2 atom stereocenters. The van der Waals surface area contributed by atoms with Crippen molar-refractivity contribution in [2.45, 2.75) is 57.9 Å². The van der Waals surface area contributed by atoms with E-state index in [0.717, 1.165) is 30.5 Å². The number of aryl methyl sites for hydroxylation is 2. The fraction of sp³-hybridized carbons (Fsp3) is 0.786. The summed E-state index contributed by atoms with van der Waals surface area (Å²) in [6.45, 7) is 8.42. The van der Waals surface area contributed by atoms with Gasteiger partial charge < -0.3 is 5.32 Å². The van der Waals surface area contributed by atoms with Gasteiger partial charge in [-0.2, -0.15) is 16.9 Å². The zero-order chi connectivity index (χ0) is 13.8. The zero-order valence-corrected chi connectivity index (χ0v) is 14.5. The summed E-state index contributed by atoms with van der Waals surface area (Å²) in [5.74, 6) is 1.32. The largest absolute Gasteiger partial charge is 0.313 e. The Morgan fingerprint density at radius 2 is 2.32 bits per heavy atom. The van der Waals surface area contributed by atoms with Crippen molar-refractivity contribution in [2.75, 3.05) is 12.3 Å². The Kier molecular flexibility index (Phi) is 5.78. The van der Waals surface area contributed by atoms with Crippen LogP contribution in [0.3, 0.4) is 0 Å². The lowest BCUT2D eigenvalue weighted by Crippen LogP contribution is -2.39. The predicted molar refractivity (Wildman–Crippen MR) is 87.0 cm³/mol. The number of hydrogen-bond acceptors (Lipinski definition) is 3. The molecule has 2 rings (SSSR count). The van der Waals surface area contributed by atoms with E-state index < -0.39 is 0 Å². The summed E-state index contributed by atoms with van der Waals surface area (Å²) in [6, 6.07) is 0.565. The summed E-state index contributed by atoms with van der Waals surface area (Å²) >= 11 is 5.84. The topological polar surface area (TPSA) is 29.9 Å². The van der Waals surface area contributed by atoms with Crippen LogP contribution in [0.5, 0.6) is 0 Å². The highest BCUT2D eigenvalue weighted by atomic mass is 79.9. The van der Waals surface area contributed by atoms with Crippen LogP contribution < -0.4 is 5.32 Å². The highest BCUT2D eigenvalue weighted by Gasteiger charge is 2.27. The molecule has 3 nitrogen and oxygen atoms in total. The molecule has 1 fully saturated rings. The van der Waals surface area contributed by atoms with Crippen LogP contribution in [0.1, 0.15) is 38.1 Å². The van der Waals surface area contributed by atoms with E-state index in [9.17, 15) is 0 Å².